The van der Waals surface area contributed by atoms with Crippen LogP contribution >= 0.6 is 0 Å². The van der Waals surface area contributed by atoms with Crippen LogP contribution in [-0.4, -0.2) is 9.55 Å². The molecule has 3 nitrogen and oxygen atoms in total. The van der Waals surface area contributed by atoms with Crippen LogP contribution < -0.4 is 5.73 Å². The number of rotatable bonds is 4. The van der Waals surface area contributed by atoms with Crippen molar-refractivity contribution in [3.8, 4) is 11.3 Å². The van der Waals surface area contributed by atoms with Gasteiger partial charge < -0.3 is 10.3 Å². The molecule has 0 unspecified atom stereocenters. The van der Waals surface area contributed by atoms with Gasteiger partial charge in [-0.15, -0.1) is 0 Å². The van der Waals surface area contributed by atoms with Crippen LogP contribution in [0.5, 0.6) is 0 Å². The first-order chi connectivity index (χ1) is 11.5. The normalized spacial score (nSPS) is 11.2. The van der Waals surface area contributed by atoms with Crippen LogP contribution in [0.1, 0.15) is 31.2 Å². The molecule has 0 bridgehead atoms. The number of halogens is 2. The molecule has 0 atom stereocenters. The van der Waals surface area contributed by atoms with Crippen molar-refractivity contribution in [3.63, 3.8) is 0 Å². The number of nitrogen functional groups attached to an aromatic ring is 1. The molecule has 0 aliphatic rings. The van der Waals surface area contributed by atoms with Gasteiger partial charge in [0.15, 0.2) is 0 Å². The molecule has 0 spiro atoms. The minimum Gasteiger partial charge on any atom is -0.383 e. The SMILES string of the molecule is CC(C)c1nc(-c2ccc(F)cc2F)c(N)n1Cc1ccccc1. The van der Waals surface area contributed by atoms with E-state index in [2.05, 4.69) is 4.98 Å². The van der Waals surface area contributed by atoms with E-state index in [1.54, 1.807) is 0 Å². The maximum Gasteiger partial charge on any atom is 0.135 e. The quantitative estimate of drug-likeness (QED) is 0.762. The molecule has 5 heteroatoms. The molecular formula is C19H19F2N3. The number of hydrogen-bond donors (Lipinski definition) is 1. The highest BCUT2D eigenvalue weighted by molar-refractivity contribution is 5.71. The topological polar surface area (TPSA) is 43.8 Å². The van der Waals surface area contributed by atoms with E-state index in [-0.39, 0.29) is 11.5 Å². The fourth-order valence-electron chi connectivity index (χ4n) is 2.74. The highest BCUT2D eigenvalue weighted by atomic mass is 19.1. The molecule has 1 aromatic heterocycles. The first kappa shape index (κ1) is 16.2. The van der Waals surface area contributed by atoms with Crippen molar-refractivity contribution in [2.75, 3.05) is 5.73 Å². The van der Waals surface area contributed by atoms with Gasteiger partial charge in [-0.3, -0.25) is 0 Å². The Morgan fingerprint density at radius 1 is 1.08 bits per heavy atom. The van der Waals surface area contributed by atoms with Crippen LogP contribution in [0.2, 0.25) is 0 Å². The maximum absolute atomic E-state index is 14.1. The molecule has 3 rings (SSSR count). The zero-order chi connectivity index (χ0) is 17.3. The van der Waals surface area contributed by atoms with Crippen LogP contribution in [0.15, 0.2) is 48.5 Å². The average molecular weight is 327 g/mol. The molecule has 2 N–H and O–H groups in total. The second-order valence-corrected chi connectivity index (χ2v) is 6.05. The molecule has 0 radical (unpaired) electrons. The molecule has 1 heterocycles. The van der Waals surface area contributed by atoms with Crippen LogP contribution in [0.4, 0.5) is 14.6 Å². The zero-order valence-corrected chi connectivity index (χ0v) is 13.6. The highest BCUT2D eigenvalue weighted by Gasteiger charge is 2.20. The summed E-state index contributed by atoms with van der Waals surface area (Å²) in [5.74, 6) is -0.0135. The summed E-state index contributed by atoms with van der Waals surface area (Å²) >= 11 is 0. The number of benzene rings is 2. The lowest BCUT2D eigenvalue weighted by molar-refractivity contribution is 0.585. The molecule has 24 heavy (non-hydrogen) atoms. The van der Waals surface area contributed by atoms with Crippen molar-refractivity contribution in [2.24, 2.45) is 0 Å². The van der Waals surface area contributed by atoms with Crippen molar-refractivity contribution in [2.45, 2.75) is 26.3 Å². The molecule has 0 fully saturated rings. The molecule has 2 aromatic carbocycles. The van der Waals surface area contributed by atoms with Crippen LogP contribution in [0, 0.1) is 11.6 Å². The summed E-state index contributed by atoms with van der Waals surface area (Å²) in [7, 11) is 0. The number of anilines is 1. The standard InChI is InChI=1S/C19H19F2N3/c1-12(2)19-23-17(15-9-8-14(20)10-16(15)21)18(22)24(19)11-13-6-4-3-5-7-13/h3-10,12H,11,22H2,1-2H3. The maximum atomic E-state index is 14.1. The minimum atomic E-state index is -0.665. The largest absolute Gasteiger partial charge is 0.383 e. The van der Waals surface area contributed by atoms with Gasteiger partial charge in [-0.05, 0) is 17.7 Å². The van der Waals surface area contributed by atoms with Gasteiger partial charge >= 0.3 is 0 Å². The Balaban J connectivity index is 2.11. The van der Waals surface area contributed by atoms with Gasteiger partial charge in [-0.2, -0.15) is 0 Å². The highest BCUT2D eigenvalue weighted by Crippen LogP contribution is 2.32. The van der Waals surface area contributed by atoms with E-state index in [0.717, 1.165) is 17.5 Å². The van der Waals surface area contributed by atoms with Gasteiger partial charge in [0, 0.05) is 17.5 Å². The van der Waals surface area contributed by atoms with Crippen molar-refractivity contribution in [1.82, 2.24) is 9.55 Å². The number of nitrogens with two attached hydrogens (primary N) is 1. The van der Waals surface area contributed by atoms with Gasteiger partial charge in [0.2, 0.25) is 0 Å². The summed E-state index contributed by atoms with van der Waals surface area (Å²) in [6.07, 6.45) is 0. The third-order valence-electron chi connectivity index (χ3n) is 3.92. The zero-order valence-electron chi connectivity index (χ0n) is 13.6. The molecule has 0 saturated carbocycles. The molecule has 3 aromatic rings. The number of nitrogens with zero attached hydrogens (tertiary/aromatic N) is 2. The van der Waals surface area contributed by atoms with E-state index in [9.17, 15) is 8.78 Å². The first-order valence-corrected chi connectivity index (χ1v) is 7.82. The lowest BCUT2D eigenvalue weighted by Crippen LogP contribution is -2.09. The fraction of sp³-hybridized carbons (Fsp3) is 0.211. The number of aromatic nitrogens is 2. The Labute approximate surface area is 139 Å². The summed E-state index contributed by atoms with van der Waals surface area (Å²) in [5, 5.41) is 0. The van der Waals surface area contributed by atoms with Crippen molar-refractivity contribution >= 4 is 5.82 Å². The summed E-state index contributed by atoms with van der Waals surface area (Å²) in [6, 6.07) is 13.3. The van der Waals surface area contributed by atoms with Crippen LogP contribution in [0.3, 0.4) is 0 Å². The summed E-state index contributed by atoms with van der Waals surface area (Å²) in [6.45, 7) is 4.57. The lowest BCUT2D eigenvalue weighted by atomic mass is 10.1. The molecule has 0 aliphatic heterocycles. The van der Waals surface area contributed by atoms with E-state index in [0.29, 0.717) is 18.1 Å². The van der Waals surface area contributed by atoms with Crippen molar-refractivity contribution in [1.29, 1.82) is 0 Å². The van der Waals surface area contributed by atoms with Crippen LogP contribution in [-0.2, 0) is 6.54 Å². The predicted octanol–water partition coefficient (Wildman–Crippen LogP) is 4.58. The van der Waals surface area contributed by atoms with Crippen LogP contribution in [0.25, 0.3) is 11.3 Å². The fourth-order valence-corrected chi connectivity index (χ4v) is 2.74. The third kappa shape index (κ3) is 3.02. The van der Waals surface area contributed by atoms with E-state index in [1.807, 2.05) is 48.7 Å². The van der Waals surface area contributed by atoms with Gasteiger partial charge in [0.1, 0.15) is 29.0 Å². The Kier molecular flexibility index (Phi) is 4.34. The Hall–Kier alpha value is -2.69. The van der Waals surface area contributed by atoms with Gasteiger partial charge in [0.05, 0.1) is 6.54 Å². The van der Waals surface area contributed by atoms with E-state index in [1.165, 1.54) is 12.1 Å². The molecule has 0 amide bonds. The first-order valence-electron chi connectivity index (χ1n) is 7.82. The smallest absolute Gasteiger partial charge is 0.135 e. The Morgan fingerprint density at radius 2 is 1.79 bits per heavy atom. The average Bonchev–Trinajstić information content (AvgIpc) is 2.86. The predicted molar refractivity (Wildman–Crippen MR) is 91.6 cm³/mol. The molecule has 0 saturated heterocycles. The van der Waals surface area contributed by atoms with E-state index in [4.69, 9.17) is 5.73 Å². The van der Waals surface area contributed by atoms with E-state index >= 15 is 0 Å². The summed E-state index contributed by atoms with van der Waals surface area (Å²) < 4.78 is 29.2. The van der Waals surface area contributed by atoms with Gasteiger partial charge in [-0.1, -0.05) is 44.2 Å². The van der Waals surface area contributed by atoms with Crippen molar-refractivity contribution in [3.05, 3.63) is 71.6 Å². The lowest BCUT2D eigenvalue weighted by Gasteiger charge is -2.12. The second kappa shape index (κ2) is 6.43. The monoisotopic (exact) mass is 327 g/mol. The molecule has 124 valence electrons. The minimum absolute atomic E-state index is 0.119. The third-order valence-corrected chi connectivity index (χ3v) is 3.92. The van der Waals surface area contributed by atoms with Gasteiger partial charge in [-0.25, -0.2) is 13.8 Å². The number of hydrogen-bond acceptors (Lipinski definition) is 2. The second-order valence-electron chi connectivity index (χ2n) is 6.05. The molecule has 0 aliphatic carbocycles. The number of imidazole rings is 1. The Bertz CT molecular complexity index is 855. The van der Waals surface area contributed by atoms with E-state index < -0.39 is 11.6 Å². The summed E-state index contributed by atoms with van der Waals surface area (Å²) in [5.41, 5.74) is 7.91. The summed E-state index contributed by atoms with van der Waals surface area (Å²) in [4.78, 5) is 4.54. The van der Waals surface area contributed by atoms with Crippen molar-refractivity contribution < 1.29 is 8.78 Å². The molecular weight excluding hydrogens is 308 g/mol. The Morgan fingerprint density at radius 3 is 2.42 bits per heavy atom. The van der Waals surface area contributed by atoms with Gasteiger partial charge in [0.25, 0.3) is 0 Å².